The topological polar surface area (TPSA) is 74.8 Å². The number of anilines is 1. The Morgan fingerprint density at radius 1 is 0.962 bits per heavy atom. The molecule has 1 aromatic carbocycles. The Morgan fingerprint density at radius 2 is 1.54 bits per heavy atom. The van der Waals surface area contributed by atoms with Crippen LogP contribution in [0.5, 0.6) is 5.75 Å². The summed E-state index contributed by atoms with van der Waals surface area (Å²) in [7, 11) is 3.36. The van der Waals surface area contributed by atoms with Crippen LogP contribution >= 0.6 is 0 Å². The van der Waals surface area contributed by atoms with Crippen molar-refractivity contribution in [3.05, 3.63) is 53.7 Å². The van der Waals surface area contributed by atoms with E-state index in [4.69, 9.17) is 4.74 Å². The molecule has 1 aliphatic rings. The van der Waals surface area contributed by atoms with E-state index in [0.717, 1.165) is 5.75 Å². The zero-order chi connectivity index (χ0) is 18.5. The number of ether oxygens (including phenoxy) is 1. The highest BCUT2D eigenvalue weighted by molar-refractivity contribution is 5.96. The summed E-state index contributed by atoms with van der Waals surface area (Å²) >= 11 is 0. The molecule has 1 aliphatic heterocycles. The van der Waals surface area contributed by atoms with Gasteiger partial charge in [-0.05, 0) is 36.4 Å². The second kappa shape index (κ2) is 7.86. The average molecular weight is 354 g/mol. The Hall–Kier alpha value is -3.09. The van der Waals surface area contributed by atoms with Crippen LogP contribution in [0.15, 0.2) is 42.6 Å². The van der Waals surface area contributed by atoms with E-state index < -0.39 is 0 Å². The average Bonchev–Trinajstić information content (AvgIpc) is 2.73. The Bertz CT molecular complexity index is 784. The molecular formula is C19H22N4O3. The summed E-state index contributed by atoms with van der Waals surface area (Å²) < 4.78 is 5.12. The molecule has 7 heteroatoms. The van der Waals surface area contributed by atoms with Crippen molar-refractivity contribution in [2.75, 3.05) is 45.7 Å². The maximum atomic E-state index is 12.6. The molecule has 0 saturated carbocycles. The Kier molecular flexibility index (Phi) is 5.36. The SMILES string of the molecule is CNc1cc(C(=O)N2CCN(C(=O)c3ccc(OC)cc3)CC2)ccn1. The van der Waals surface area contributed by atoms with Gasteiger partial charge >= 0.3 is 0 Å². The Labute approximate surface area is 152 Å². The van der Waals surface area contributed by atoms with Crippen LogP contribution in [-0.2, 0) is 0 Å². The summed E-state index contributed by atoms with van der Waals surface area (Å²) in [6, 6.07) is 10.5. The summed E-state index contributed by atoms with van der Waals surface area (Å²) in [5.41, 5.74) is 1.22. The lowest BCUT2D eigenvalue weighted by Gasteiger charge is -2.35. The number of carbonyl (C=O) groups excluding carboxylic acids is 2. The summed E-state index contributed by atoms with van der Waals surface area (Å²) in [6.07, 6.45) is 1.61. The number of piperazine rings is 1. The molecule has 0 radical (unpaired) electrons. The number of rotatable bonds is 4. The zero-order valence-corrected chi connectivity index (χ0v) is 14.9. The Morgan fingerprint density at radius 3 is 2.08 bits per heavy atom. The number of nitrogens with one attached hydrogen (secondary N) is 1. The van der Waals surface area contributed by atoms with E-state index in [9.17, 15) is 9.59 Å². The van der Waals surface area contributed by atoms with Crippen molar-refractivity contribution in [1.82, 2.24) is 14.8 Å². The van der Waals surface area contributed by atoms with Crippen molar-refractivity contribution in [2.45, 2.75) is 0 Å². The molecule has 0 bridgehead atoms. The van der Waals surface area contributed by atoms with Crippen LogP contribution in [0.4, 0.5) is 5.82 Å². The quantitative estimate of drug-likeness (QED) is 0.905. The van der Waals surface area contributed by atoms with E-state index in [1.807, 2.05) is 0 Å². The number of benzene rings is 1. The predicted octanol–water partition coefficient (Wildman–Crippen LogP) is 1.73. The van der Waals surface area contributed by atoms with Gasteiger partial charge in [-0.25, -0.2) is 4.98 Å². The van der Waals surface area contributed by atoms with Crippen LogP contribution in [0.2, 0.25) is 0 Å². The number of hydrogen-bond donors (Lipinski definition) is 1. The van der Waals surface area contributed by atoms with E-state index in [-0.39, 0.29) is 11.8 Å². The van der Waals surface area contributed by atoms with Crippen molar-refractivity contribution in [3.8, 4) is 5.75 Å². The third kappa shape index (κ3) is 3.77. The van der Waals surface area contributed by atoms with Crippen LogP contribution in [-0.4, -0.2) is 66.9 Å². The van der Waals surface area contributed by atoms with Crippen molar-refractivity contribution >= 4 is 17.6 Å². The first-order chi connectivity index (χ1) is 12.6. The minimum Gasteiger partial charge on any atom is -0.497 e. The molecule has 0 aliphatic carbocycles. The summed E-state index contributed by atoms with van der Waals surface area (Å²) in [6.45, 7) is 2.05. The van der Waals surface area contributed by atoms with E-state index in [1.54, 1.807) is 66.6 Å². The maximum absolute atomic E-state index is 12.6. The fraction of sp³-hybridized carbons (Fsp3) is 0.316. The highest BCUT2D eigenvalue weighted by atomic mass is 16.5. The minimum atomic E-state index is -0.0413. The van der Waals surface area contributed by atoms with Crippen LogP contribution in [0, 0.1) is 0 Å². The summed E-state index contributed by atoms with van der Waals surface area (Å²) in [5.74, 6) is 1.31. The largest absolute Gasteiger partial charge is 0.497 e. The molecule has 3 rings (SSSR count). The lowest BCUT2D eigenvalue weighted by molar-refractivity contribution is 0.0535. The van der Waals surface area contributed by atoms with Crippen molar-refractivity contribution in [3.63, 3.8) is 0 Å². The van der Waals surface area contributed by atoms with Gasteiger partial charge in [-0.2, -0.15) is 0 Å². The number of pyridine rings is 1. The molecule has 136 valence electrons. The van der Waals surface area contributed by atoms with E-state index in [1.165, 1.54) is 0 Å². The smallest absolute Gasteiger partial charge is 0.254 e. The first-order valence-corrected chi connectivity index (χ1v) is 8.49. The van der Waals surface area contributed by atoms with Crippen molar-refractivity contribution in [1.29, 1.82) is 0 Å². The molecule has 0 spiro atoms. The van der Waals surface area contributed by atoms with Gasteiger partial charge in [-0.1, -0.05) is 0 Å². The molecule has 2 heterocycles. The third-order valence-electron chi connectivity index (χ3n) is 4.45. The summed E-state index contributed by atoms with van der Waals surface area (Å²) in [4.78, 5) is 32.9. The second-order valence-electron chi connectivity index (χ2n) is 5.99. The lowest BCUT2D eigenvalue weighted by atomic mass is 10.1. The molecule has 1 N–H and O–H groups in total. The first kappa shape index (κ1) is 17.7. The third-order valence-corrected chi connectivity index (χ3v) is 4.45. The highest BCUT2D eigenvalue weighted by Gasteiger charge is 2.25. The van der Waals surface area contributed by atoms with Crippen LogP contribution < -0.4 is 10.1 Å². The molecule has 0 unspecified atom stereocenters. The van der Waals surface area contributed by atoms with Gasteiger partial charge in [0.05, 0.1) is 7.11 Å². The van der Waals surface area contributed by atoms with Gasteiger partial charge in [-0.15, -0.1) is 0 Å². The van der Waals surface area contributed by atoms with Gasteiger partial charge < -0.3 is 19.9 Å². The second-order valence-corrected chi connectivity index (χ2v) is 5.99. The molecule has 1 saturated heterocycles. The molecule has 7 nitrogen and oxygen atoms in total. The predicted molar refractivity (Wildman–Crippen MR) is 98.6 cm³/mol. The minimum absolute atomic E-state index is 0.0267. The number of methoxy groups -OCH3 is 1. The molecule has 2 amide bonds. The highest BCUT2D eigenvalue weighted by Crippen LogP contribution is 2.16. The fourth-order valence-electron chi connectivity index (χ4n) is 2.91. The number of amides is 2. The molecule has 1 fully saturated rings. The molecular weight excluding hydrogens is 332 g/mol. The Balaban J connectivity index is 1.61. The van der Waals surface area contributed by atoms with E-state index >= 15 is 0 Å². The molecule has 1 aromatic heterocycles. The van der Waals surface area contributed by atoms with Gasteiger partial charge in [0, 0.05) is 50.6 Å². The van der Waals surface area contributed by atoms with E-state index in [2.05, 4.69) is 10.3 Å². The number of carbonyl (C=O) groups is 2. The number of aromatic nitrogens is 1. The van der Waals surface area contributed by atoms with Crippen molar-refractivity contribution in [2.24, 2.45) is 0 Å². The van der Waals surface area contributed by atoms with Gasteiger partial charge in [0.2, 0.25) is 0 Å². The molecule has 0 atom stereocenters. The number of hydrogen-bond acceptors (Lipinski definition) is 5. The van der Waals surface area contributed by atoms with Crippen molar-refractivity contribution < 1.29 is 14.3 Å². The molecule has 2 aromatic rings. The normalized spacial score (nSPS) is 14.1. The lowest BCUT2D eigenvalue weighted by Crippen LogP contribution is -2.50. The van der Waals surface area contributed by atoms with Gasteiger partial charge in [0.25, 0.3) is 11.8 Å². The van der Waals surface area contributed by atoms with Gasteiger partial charge in [0.15, 0.2) is 0 Å². The van der Waals surface area contributed by atoms with Crippen LogP contribution in [0.3, 0.4) is 0 Å². The molecule has 26 heavy (non-hydrogen) atoms. The zero-order valence-electron chi connectivity index (χ0n) is 14.9. The fourth-order valence-corrected chi connectivity index (χ4v) is 2.91. The monoisotopic (exact) mass is 354 g/mol. The van der Waals surface area contributed by atoms with Gasteiger partial charge in [0.1, 0.15) is 11.6 Å². The van der Waals surface area contributed by atoms with Gasteiger partial charge in [-0.3, -0.25) is 9.59 Å². The first-order valence-electron chi connectivity index (χ1n) is 8.49. The van der Waals surface area contributed by atoms with Crippen LogP contribution in [0.1, 0.15) is 20.7 Å². The maximum Gasteiger partial charge on any atom is 0.254 e. The number of nitrogens with zero attached hydrogens (tertiary/aromatic N) is 3. The standard InChI is InChI=1S/C19H22N4O3/c1-20-17-13-15(7-8-21-17)19(25)23-11-9-22(10-12-23)18(24)14-3-5-16(26-2)6-4-14/h3-8,13H,9-12H2,1-2H3,(H,20,21). The summed E-state index contributed by atoms with van der Waals surface area (Å²) in [5, 5.41) is 2.93. The van der Waals surface area contributed by atoms with E-state index in [0.29, 0.717) is 43.1 Å². The van der Waals surface area contributed by atoms with Crippen LogP contribution in [0.25, 0.3) is 0 Å².